The summed E-state index contributed by atoms with van der Waals surface area (Å²) in [6.07, 6.45) is 1.81. The van der Waals surface area contributed by atoms with Gasteiger partial charge >= 0.3 is 0 Å². The van der Waals surface area contributed by atoms with E-state index in [4.69, 9.17) is 9.41 Å². The van der Waals surface area contributed by atoms with Crippen LogP contribution in [0.4, 0.5) is 0 Å². The molecule has 0 atom stereocenters. The minimum Gasteiger partial charge on any atom is -0.443 e. The highest BCUT2D eigenvalue weighted by atomic mass is 16.4. The second-order valence-corrected chi connectivity index (χ2v) is 8.15. The Morgan fingerprint density at radius 3 is 2.34 bits per heavy atom. The summed E-state index contributed by atoms with van der Waals surface area (Å²) in [5, 5.41) is 6.63. The molecule has 0 saturated carbocycles. The lowest BCUT2D eigenvalue weighted by atomic mass is 9.94. The molecule has 2 aromatic rings. The number of aliphatic imine (C=N–C) groups is 1. The maximum Gasteiger partial charge on any atom is 0.213 e. The molecule has 0 aliphatic carbocycles. The van der Waals surface area contributed by atoms with Crippen molar-refractivity contribution < 1.29 is 4.42 Å². The first kappa shape index (κ1) is 22.9. The van der Waals surface area contributed by atoms with Crippen LogP contribution < -0.4 is 10.6 Å². The molecule has 1 heterocycles. The molecule has 0 radical (unpaired) electrons. The van der Waals surface area contributed by atoms with Crippen LogP contribution in [0.25, 0.3) is 0 Å². The number of nitrogens with one attached hydrogen (secondary N) is 2. The van der Waals surface area contributed by atoms with E-state index in [-0.39, 0.29) is 5.41 Å². The van der Waals surface area contributed by atoms with Crippen molar-refractivity contribution in [2.75, 3.05) is 19.6 Å². The quantitative estimate of drug-likeness (QED) is 0.491. The van der Waals surface area contributed by atoms with Crippen LogP contribution in [0.15, 0.2) is 39.9 Å². The first-order valence-corrected chi connectivity index (χ1v) is 10.6. The molecule has 0 bridgehead atoms. The summed E-state index contributed by atoms with van der Waals surface area (Å²) in [5.41, 5.74) is 2.54. The summed E-state index contributed by atoms with van der Waals surface area (Å²) in [6.45, 7) is 17.8. The number of nitrogens with zero attached hydrogens (tertiary/aromatic N) is 3. The van der Waals surface area contributed by atoms with Gasteiger partial charge in [0.15, 0.2) is 5.96 Å². The fourth-order valence-electron chi connectivity index (χ4n) is 2.96. The van der Waals surface area contributed by atoms with Gasteiger partial charge in [0.25, 0.3) is 0 Å². The molecule has 6 heteroatoms. The van der Waals surface area contributed by atoms with Gasteiger partial charge in [0.05, 0.1) is 19.3 Å². The number of guanidine groups is 1. The lowest BCUT2D eigenvalue weighted by Gasteiger charge is -2.20. The van der Waals surface area contributed by atoms with Crippen molar-refractivity contribution in [1.82, 2.24) is 20.5 Å². The Hall–Kier alpha value is -2.34. The minimum atomic E-state index is -0.0432. The van der Waals surface area contributed by atoms with Crippen LogP contribution in [0.3, 0.4) is 0 Å². The van der Waals surface area contributed by atoms with Gasteiger partial charge < -0.3 is 15.1 Å². The van der Waals surface area contributed by atoms with Crippen LogP contribution in [0, 0.1) is 0 Å². The van der Waals surface area contributed by atoms with Crippen molar-refractivity contribution in [3.8, 4) is 0 Å². The van der Waals surface area contributed by atoms with Gasteiger partial charge in [-0.15, -0.1) is 0 Å². The van der Waals surface area contributed by atoms with Crippen molar-refractivity contribution in [3.63, 3.8) is 0 Å². The molecular weight excluding hydrogens is 362 g/mol. The van der Waals surface area contributed by atoms with Crippen LogP contribution in [0.2, 0.25) is 0 Å². The zero-order valence-corrected chi connectivity index (χ0v) is 18.9. The molecule has 0 aliphatic heterocycles. The molecular formula is C23H37N5O. The van der Waals surface area contributed by atoms with E-state index < -0.39 is 0 Å². The van der Waals surface area contributed by atoms with Crippen LogP contribution in [0.1, 0.15) is 64.3 Å². The third-order valence-corrected chi connectivity index (χ3v) is 4.86. The highest BCUT2D eigenvalue weighted by Gasteiger charge is 2.19. The van der Waals surface area contributed by atoms with E-state index in [0.717, 1.165) is 37.9 Å². The average Bonchev–Trinajstić information content (AvgIpc) is 3.18. The van der Waals surface area contributed by atoms with Crippen molar-refractivity contribution in [2.45, 2.75) is 66.6 Å². The van der Waals surface area contributed by atoms with E-state index in [1.807, 2.05) is 6.20 Å². The Balaban J connectivity index is 2.05. The Labute approximate surface area is 175 Å². The smallest absolute Gasteiger partial charge is 0.213 e. The fraction of sp³-hybridized carbons (Fsp3) is 0.565. The summed E-state index contributed by atoms with van der Waals surface area (Å²) in [7, 11) is 0. The Kier molecular flexibility index (Phi) is 8.70. The summed E-state index contributed by atoms with van der Waals surface area (Å²) < 4.78 is 5.87. The normalized spacial score (nSPS) is 12.4. The Morgan fingerprint density at radius 2 is 1.76 bits per heavy atom. The number of hydrogen-bond donors (Lipinski definition) is 2. The van der Waals surface area contributed by atoms with E-state index in [9.17, 15) is 0 Å². The molecule has 160 valence electrons. The molecule has 1 aromatic heterocycles. The Morgan fingerprint density at radius 1 is 1.07 bits per heavy atom. The first-order valence-electron chi connectivity index (χ1n) is 10.6. The third-order valence-electron chi connectivity index (χ3n) is 4.86. The van der Waals surface area contributed by atoms with Crippen molar-refractivity contribution >= 4 is 5.96 Å². The second-order valence-electron chi connectivity index (χ2n) is 8.15. The topological polar surface area (TPSA) is 65.7 Å². The molecule has 0 spiro atoms. The maximum atomic E-state index is 5.87. The van der Waals surface area contributed by atoms with Gasteiger partial charge in [0, 0.05) is 18.5 Å². The van der Waals surface area contributed by atoms with E-state index in [1.54, 1.807) is 0 Å². The van der Waals surface area contributed by atoms with E-state index in [1.165, 1.54) is 11.1 Å². The molecule has 0 fully saturated rings. The number of benzene rings is 1. The summed E-state index contributed by atoms with van der Waals surface area (Å²) >= 11 is 0. The molecule has 6 nitrogen and oxygen atoms in total. The van der Waals surface area contributed by atoms with Gasteiger partial charge in [0.2, 0.25) is 5.89 Å². The molecule has 0 unspecified atom stereocenters. The van der Waals surface area contributed by atoms with Crippen molar-refractivity contribution in [3.05, 3.63) is 53.2 Å². The van der Waals surface area contributed by atoms with Crippen LogP contribution >= 0.6 is 0 Å². The molecule has 2 rings (SSSR count). The molecule has 2 N–H and O–H groups in total. The highest BCUT2D eigenvalue weighted by molar-refractivity contribution is 5.79. The number of hydrogen-bond acceptors (Lipinski definition) is 4. The molecule has 0 amide bonds. The summed E-state index contributed by atoms with van der Waals surface area (Å²) in [5.74, 6) is 2.32. The van der Waals surface area contributed by atoms with Crippen LogP contribution in [0.5, 0.6) is 0 Å². The van der Waals surface area contributed by atoms with Gasteiger partial charge in [-0.2, -0.15) is 0 Å². The standard InChI is InChI=1S/C23H37N5O/c1-7-24-22(27-16-21-25-15-20(29-21)23(4,5)6)26-14-18-12-10-11-13-19(18)17-28(8-2)9-3/h10-13,15H,7-9,14,16-17H2,1-6H3,(H2,24,26,27). The zero-order chi connectivity index (χ0) is 21.3. The van der Waals surface area contributed by atoms with Crippen molar-refractivity contribution in [1.29, 1.82) is 0 Å². The monoisotopic (exact) mass is 399 g/mol. The third kappa shape index (κ3) is 7.20. The van der Waals surface area contributed by atoms with E-state index in [2.05, 4.69) is 86.3 Å². The highest BCUT2D eigenvalue weighted by Crippen LogP contribution is 2.22. The summed E-state index contributed by atoms with van der Waals surface area (Å²) in [4.78, 5) is 11.6. The second kappa shape index (κ2) is 11.0. The summed E-state index contributed by atoms with van der Waals surface area (Å²) in [6, 6.07) is 8.54. The lowest BCUT2D eigenvalue weighted by Crippen LogP contribution is -2.36. The lowest BCUT2D eigenvalue weighted by molar-refractivity contribution is 0.295. The predicted molar refractivity (Wildman–Crippen MR) is 120 cm³/mol. The van der Waals surface area contributed by atoms with Crippen molar-refractivity contribution in [2.24, 2.45) is 4.99 Å². The fourth-order valence-corrected chi connectivity index (χ4v) is 2.96. The molecule has 29 heavy (non-hydrogen) atoms. The van der Waals surface area contributed by atoms with Gasteiger partial charge in [-0.05, 0) is 31.1 Å². The number of rotatable bonds is 9. The zero-order valence-electron chi connectivity index (χ0n) is 18.9. The van der Waals surface area contributed by atoms with Gasteiger partial charge in [-0.25, -0.2) is 9.98 Å². The van der Waals surface area contributed by atoms with Gasteiger partial charge in [-0.3, -0.25) is 4.90 Å². The Bertz CT molecular complexity index is 772. The number of oxazole rings is 1. The van der Waals surface area contributed by atoms with Gasteiger partial charge in [-0.1, -0.05) is 58.9 Å². The minimum absolute atomic E-state index is 0.0432. The molecule has 1 aromatic carbocycles. The van der Waals surface area contributed by atoms with Crippen LogP contribution in [-0.2, 0) is 25.0 Å². The van der Waals surface area contributed by atoms with Crippen LogP contribution in [-0.4, -0.2) is 35.5 Å². The molecule has 0 saturated heterocycles. The SMILES string of the molecule is CCNC(=NCc1ccccc1CN(CC)CC)NCc1ncc(C(C)(C)C)o1. The average molecular weight is 400 g/mol. The van der Waals surface area contributed by atoms with E-state index in [0.29, 0.717) is 19.0 Å². The first-order chi connectivity index (χ1) is 13.9. The predicted octanol–water partition coefficient (Wildman–Crippen LogP) is 4.07. The number of aromatic nitrogens is 1. The van der Waals surface area contributed by atoms with Gasteiger partial charge in [0.1, 0.15) is 5.76 Å². The van der Waals surface area contributed by atoms with E-state index >= 15 is 0 Å². The molecule has 0 aliphatic rings. The maximum absolute atomic E-state index is 5.87. The largest absolute Gasteiger partial charge is 0.443 e.